The quantitative estimate of drug-likeness (QED) is 0.732. The second-order valence-corrected chi connectivity index (χ2v) is 5.33. The maximum atomic E-state index is 11.7. The molecule has 0 aromatic rings. The summed E-state index contributed by atoms with van der Waals surface area (Å²) in [5.41, 5.74) is 0. The molecule has 2 fully saturated rings. The largest absolute Gasteiger partial charge is 0.506 e. The smallest absolute Gasteiger partial charge is 0.450 e. The Bertz CT molecular complexity index is 346. The van der Waals surface area contributed by atoms with Gasteiger partial charge in [0.25, 0.3) is 5.91 Å². The van der Waals surface area contributed by atoms with E-state index in [1.165, 1.54) is 25.9 Å². The van der Waals surface area contributed by atoms with Crippen LogP contribution in [0.4, 0.5) is 4.79 Å². The Morgan fingerprint density at radius 1 is 0.864 bits per heavy atom. The first-order valence-corrected chi connectivity index (χ1v) is 7.23. The Hall–Kier alpha value is -0.760. The predicted molar refractivity (Wildman–Crippen MR) is 87.2 cm³/mol. The highest BCUT2D eigenvalue weighted by Crippen LogP contribution is 2.08. The lowest BCUT2D eigenvalue weighted by Crippen LogP contribution is -2.51. The van der Waals surface area contributed by atoms with Gasteiger partial charge in [-0.1, -0.05) is 0 Å². The molecule has 0 atom stereocenters. The van der Waals surface area contributed by atoms with Crippen LogP contribution in [0.2, 0.25) is 0 Å². The molecule has 0 bridgehead atoms. The van der Waals surface area contributed by atoms with Gasteiger partial charge >= 0.3 is 6.16 Å². The molecule has 2 rings (SSSR count). The fourth-order valence-corrected chi connectivity index (χ4v) is 2.72. The Balaban J connectivity index is 0.00000220. The summed E-state index contributed by atoms with van der Waals surface area (Å²) in [5.74, 6) is -0.244. The van der Waals surface area contributed by atoms with E-state index in [0.717, 1.165) is 26.2 Å². The molecule has 2 saturated heterocycles. The number of ether oxygens (including phenoxy) is 1. The molecule has 2 aliphatic heterocycles. The van der Waals surface area contributed by atoms with Crippen molar-refractivity contribution in [1.82, 2.24) is 14.7 Å². The average Bonchev–Trinajstić information content (AvgIpc) is 2.96. The van der Waals surface area contributed by atoms with E-state index in [1.54, 1.807) is 4.90 Å². The van der Waals surface area contributed by atoms with Crippen LogP contribution in [0.3, 0.4) is 0 Å². The summed E-state index contributed by atoms with van der Waals surface area (Å²) in [6, 6.07) is 0. The summed E-state index contributed by atoms with van der Waals surface area (Å²) < 4.78 is 4.30. The third kappa shape index (κ3) is 7.00. The highest BCUT2D eigenvalue weighted by Gasteiger charge is 2.22. The fraction of sp³-hybridized carbons (Fsp3) is 0.846. The summed E-state index contributed by atoms with van der Waals surface area (Å²) in [5, 5.41) is 8.37. The monoisotopic (exact) mass is 357 g/mol. The van der Waals surface area contributed by atoms with Crippen molar-refractivity contribution in [1.29, 1.82) is 0 Å². The lowest BCUT2D eigenvalue weighted by Gasteiger charge is -2.35. The van der Waals surface area contributed by atoms with Crippen LogP contribution in [-0.2, 0) is 9.53 Å². The van der Waals surface area contributed by atoms with Crippen LogP contribution in [0.15, 0.2) is 0 Å². The molecule has 1 amide bonds. The number of piperazine rings is 1. The average molecular weight is 358 g/mol. The topological polar surface area (TPSA) is 73.3 Å². The molecule has 0 radical (unpaired) electrons. The molecule has 0 spiro atoms. The van der Waals surface area contributed by atoms with Gasteiger partial charge in [-0.25, -0.2) is 4.79 Å². The molecule has 0 saturated carbocycles. The molecular weight excluding hydrogens is 333 g/mol. The van der Waals surface area contributed by atoms with E-state index in [0.29, 0.717) is 13.1 Å². The Kier molecular flexibility index (Phi) is 10.5. The van der Waals surface area contributed by atoms with E-state index in [4.69, 9.17) is 5.11 Å². The predicted octanol–water partition coefficient (Wildman–Crippen LogP) is 0.765. The number of carbonyl (C=O) groups is 2. The van der Waals surface area contributed by atoms with Gasteiger partial charge in [-0.2, -0.15) is 0 Å². The molecule has 2 heterocycles. The van der Waals surface area contributed by atoms with E-state index in [-0.39, 0.29) is 37.3 Å². The number of hydrogen-bond donors (Lipinski definition) is 1. The fourth-order valence-electron chi connectivity index (χ4n) is 2.72. The van der Waals surface area contributed by atoms with Gasteiger partial charge in [0.15, 0.2) is 6.61 Å². The molecule has 0 unspecified atom stereocenters. The van der Waals surface area contributed by atoms with Crippen molar-refractivity contribution in [2.24, 2.45) is 0 Å². The zero-order chi connectivity index (χ0) is 14.4. The van der Waals surface area contributed by atoms with Crippen LogP contribution in [0.1, 0.15) is 12.8 Å². The highest BCUT2D eigenvalue weighted by molar-refractivity contribution is 5.85. The van der Waals surface area contributed by atoms with Gasteiger partial charge in [0.1, 0.15) is 0 Å². The zero-order valence-corrected chi connectivity index (χ0v) is 14.2. The molecule has 9 heteroatoms. The van der Waals surface area contributed by atoms with E-state index in [9.17, 15) is 9.59 Å². The first-order valence-electron chi connectivity index (χ1n) is 7.23. The lowest BCUT2D eigenvalue weighted by molar-refractivity contribution is -0.136. The van der Waals surface area contributed by atoms with Crippen LogP contribution in [0.25, 0.3) is 0 Å². The van der Waals surface area contributed by atoms with Crippen molar-refractivity contribution in [3.8, 4) is 0 Å². The van der Waals surface area contributed by atoms with Crippen molar-refractivity contribution in [3.63, 3.8) is 0 Å². The number of rotatable bonds is 5. The molecule has 0 aromatic carbocycles. The summed E-state index contributed by atoms with van der Waals surface area (Å²) in [4.78, 5) is 28.5. The van der Waals surface area contributed by atoms with Crippen molar-refractivity contribution in [2.45, 2.75) is 12.8 Å². The molecule has 1 N–H and O–H groups in total. The number of amides is 1. The van der Waals surface area contributed by atoms with Gasteiger partial charge in [-0.3, -0.25) is 9.69 Å². The summed E-state index contributed by atoms with van der Waals surface area (Å²) in [6.45, 7) is 7.23. The maximum Gasteiger partial charge on any atom is 0.506 e. The minimum absolute atomic E-state index is 0. The molecule has 0 aliphatic carbocycles. The Morgan fingerprint density at radius 2 is 1.36 bits per heavy atom. The zero-order valence-electron chi connectivity index (χ0n) is 12.6. The summed E-state index contributed by atoms with van der Waals surface area (Å²) in [7, 11) is 0. The van der Waals surface area contributed by atoms with Gasteiger partial charge in [0.05, 0.1) is 0 Å². The normalized spacial score (nSPS) is 19.2. The van der Waals surface area contributed by atoms with E-state index < -0.39 is 6.16 Å². The van der Waals surface area contributed by atoms with Gasteiger partial charge in [-0.15, -0.1) is 24.8 Å². The Labute approximate surface area is 143 Å². The third-order valence-corrected chi connectivity index (χ3v) is 3.98. The second-order valence-electron chi connectivity index (χ2n) is 5.33. The van der Waals surface area contributed by atoms with Crippen LogP contribution >= 0.6 is 24.8 Å². The summed E-state index contributed by atoms with van der Waals surface area (Å²) >= 11 is 0. The third-order valence-electron chi connectivity index (χ3n) is 3.98. The van der Waals surface area contributed by atoms with Crippen LogP contribution in [-0.4, -0.2) is 90.8 Å². The van der Waals surface area contributed by atoms with E-state index in [2.05, 4.69) is 14.5 Å². The number of carbonyl (C=O) groups excluding carboxylic acids is 1. The molecule has 130 valence electrons. The lowest BCUT2D eigenvalue weighted by atomic mass is 10.3. The molecular formula is C13H25Cl2N3O4. The Morgan fingerprint density at radius 3 is 1.86 bits per heavy atom. The van der Waals surface area contributed by atoms with Gasteiger partial charge in [0, 0.05) is 39.3 Å². The van der Waals surface area contributed by atoms with Crippen LogP contribution < -0.4 is 0 Å². The standard InChI is InChI=1S/C13H23N3O4.2ClH/c17-12(11-20-13(18)19)16-9-7-15(8-10-16)6-5-14-3-1-2-4-14;;/h1-11H2,(H,18,19);2*1H. The van der Waals surface area contributed by atoms with Crippen LogP contribution in [0.5, 0.6) is 0 Å². The van der Waals surface area contributed by atoms with Crippen molar-refractivity contribution < 1.29 is 19.4 Å². The number of halogens is 2. The molecule has 22 heavy (non-hydrogen) atoms. The minimum Gasteiger partial charge on any atom is -0.450 e. The first-order chi connectivity index (χ1) is 9.65. The van der Waals surface area contributed by atoms with E-state index >= 15 is 0 Å². The summed E-state index contributed by atoms with van der Waals surface area (Å²) in [6.07, 6.45) is 1.22. The molecule has 7 nitrogen and oxygen atoms in total. The molecule has 2 aliphatic rings. The van der Waals surface area contributed by atoms with Gasteiger partial charge in [0.2, 0.25) is 0 Å². The van der Waals surface area contributed by atoms with Crippen LogP contribution in [0, 0.1) is 0 Å². The van der Waals surface area contributed by atoms with E-state index in [1.807, 2.05) is 0 Å². The van der Waals surface area contributed by atoms with Gasteiger partial charge < -0.3 is 19.6 Å². The number of carboxylic acid groups (broad SMARTS) is 1. The highest BCUT2D eigenvalue weighted by atomic mass is 35.5. The number of nitrogens with zero attached hydrogens (tertiary/aromatic N) is 3. The first kappa shape index (κ1) is 21.2. The van der Waals surface area contributed by atoms with Crippen molar-refractivity contribution >= 4 is 36.9 Å². The molecule has 0 aromatic heterocycles. The van der Waals surface area contributed by atoms with Gasteiger partial charge in [-0.05, 0) is 25.9 Å². The van der Waals surface area contributed by atoms with Crippen molar-refractivity contribution in [2.75, 3.05) is 59.0 Å². The minimum atomic E-state index is -1.40. The number of hydrogen-bond acceptors (Lipinski definition) is 5. The van der Waals surface area contributed by atoms with Crippen molar-refractivity contribution in [3.05, 3.63) is 0 Å². The SMILES string of the molecule is Cl.Cl.O=C(O)OCC(=O)N1CCN(CCN2CCCC2)CC1. The number of likely N-dealkylation sites (tertiary alicyclic amines) is 1. The second kappa shape index (κ2) is 10.9. The maximum absolute atomic E-state index is 11.7.